The van der Waals surface area contributed by atoms with Crippen LogP contribution in [0, 0.1) is 17.2 Å². The number of hydrogen-bond donors (Lipinski definition) is 1. The molecule has 19 heavy (non-hydrogen) atoms. The third-order valence-corrected chi connectivity index (χ3v) is 3.95. The van der Waals surface area contributed by atoms with E-state index in [1.807, 2.05) is 4.90 Å². The summed E-state index contributed by atoms with van der Waals surface area (Å²) in [4.78, 5) is 2.04. The zero-order chi connectivity index (χ0) is 13.9. The Morgan fingerprint density at radius 2 is 1.84 bits per heavy atom. The molecule has 0 spiro atoms. The van der Waals surface area contributed by atoms with Crippen molar-refractivity contribution in [3.8, 4) is 6.07 Å². The van der Waals surface area contributed by atoms with Crippen LogP contribution >= 0.6 is 0 Å². The van der Waals surface area contributed by atoms with Gasteiger partial charge in [0, 0.05) is 12.6 Å². The van der Waals surface area contributed by atoms with Crippen LogP contribution in [-0.2, 0) is 0 Å². The highest BCUT2D eigenvalue weighted by Crippen LogP contribution is 2.34. The summed E-state index contributed by atoms with van der Waals surface area (Å²) >= 11 is 0. The topological polar surface area (TPSA) is 39.1 Å². The Morgan fingerprint density at radius 1 is 1.21 bits per heavy atom. The van der Waals surface area contributed by atoms with Crippen LogP contribution in [0.3, 0.4) is 0 Å². The van der Waals surface area contributed by atoms with E-state index in [1.165, 1.54) is 0 Å². The van der Waals surface area contributed by atoms with Crippen LogP contribution in [0.4, 0.5) is 13.2 Å². The fraction of sp³-hybridized carbons (Fsp3) is 0.923. The number of halogens is 3. The molecule has 108 valence electrons. The van der Waals surface area contributed by atoms with E-state index in [4.69, 9.17) is 5.26 Å². The molecule has 2 fully saturated rings. The maximum absolute atomic E-state index is 12.5. The van der Waals surface area contributed by atoms with Crippen LogP contribution in [-0.4, -0.2) is 42.8 Å². The van der Waals surface area contributed by atoms with Gasteiger partial charge >= 0.3 is 6.18 Å². The summed E-state index contributed by atoms with van der Waals surface area (Å²) in [6, 6.07) is 2.56. The van der Waals surface area contributed by atoms with Gasteiger partial charge in [0.05, 0.1) is 18.0 Å². The number of rotatable bonds is 5. The van der Waals surface area contributed by atoms with Crippen LogP contribution in [0.15, 0.2) is 0 Å². The molecule has 0 radical (unpaired) electrons. The molecule has 0 aromatic carbocycles. The van der Waals surface area contributed by atoms with Crippen molar-refractivity contribution in [1.29, 1.82) is 5.26 Å². The maximum Gasteiger partial charge on any atom is 0.391 e. The SMILES string of the molecule is N#CC(CCN1CCC(C(F)(F)F)CC1)NC1CC1. The molecular weight excluding hydrogens is 255 g/mol. The molecule has 1 saturated carbocycles. The minimum absolute atomic E-state index is 0.159. The molecule has 1 saturated heterocycles. The fourth-order valence-electron chi connectivity index (χ4n) is 2.52. The van der Waals surface area contributed by atoms with Crippen molar-refractivity contribution >= 4 is 0 Å². The minimum atomic E-state index is -4.05. The van der Waals surface area contributed by atoms with E-state index in [1.54, 1.807) is 0 Å². The number of nitriles is 1. The Kier molecular flexibility index (Phi) is 4.69. The summed E-state index contributed by atoms with van der Waals surface area (Å²) in [6.07, 6.45) is -0.698. The molecule has 0 bridgehead atoms. The summed E-state index contributed by atoms with van der Waals surface area (Å²) in [5, 5.41) is 12.2. The number of hydrogen-bond acceptors (Lipinski definition) is 3. The lowest BCUT2D eigenvalue weighted by Gasteiger charge is -2.33. The lowest BCUT2D eigenvalue weighted by atomic mass is 9.96. The van der Waals surface area contributed by atoms with Crippen molar-refractivity contribution in [1.82, 2.24) is 10.2 Å². The molecule has 1 heterocycles. The minimum Gasteiger partial charge on any atom is -0.303 e. The molecule has 1 aliphatic heterocycles. The van der Waals surface area contributed by atoms with Crippen molar-refractivity contribution in [2.45, 2.75) is 50.4 Å². The average molecular weight is 275 g/mol. The lowest BCUT2D eigenvalue weighted by molar-refractivity contribution is -0.185. The summed E-state index contributed by atoms with van der Waals surface area (Å²) < 4.78 is 37.5. The molecule has 0 aromatic heterocycles. The highest BCUT2D eigenvalue weighted by Gasteiger charge is 2.40. The third-order valence-electron chi connectivity index (χ3n) is 3.95. The van der Waals surface area contributed by atoms with E-state index >= 15 is 0 Å². The van der Waals surface area contributed by atoms with Crippen LogP contribution in [0.1, 0.15) is 32.1 Å². The summed E-state index contributed by atoms with van der Waals surface area (Å²) in [6.45, 7) is 1.69. The van der Waals surface area contributed by atoms with Crippen LogP contribution < -0.4 is 5.32 Å². The molecular formula is C13H20F3N3. The molecule has 0 amide bonds. The van der Waals surface area contributed by atoms with Crippen LogP contribution in [0.2, 0.25) is 0 Å². The first-order valence-electron chi connectivity index (χ1n) is 6.94. The first-order chi connectivity index (χ1) is 8.99. The highest BCUT2D eigenvalue weighted by atomic mass is 19.4. The molecule has 1 aliphatic carbocycles. The Morgan fingerprint density at radius 3 is 2.32 bits per heavy atom. The molecule has 1 atom stereocenters. The Hall–Kier alpha value is -0.800. The molecule has 1 unspecified atom stereocenters. The van der Waals surface area contributed by atoms with Crippen LogP contribution in [0.25, 0.3) is 0 Å². The second-order valence-corrected chi connectivity index (χ2v) is 5.57. The summed E-state index contributed by atoms with van der Waals surface area (Å²) in [5.74, 6) is -1.14. The molecule has 6 heteroatoms. The predicted molar refractivity (Wildman–Crippen MR) is 65.4 cm³/mol. The van der Waals surface area contributed by atoms with Gasteiger partial charge in [-0.05, 0) is 45.2 Å². The van der Waals surface area contributed by atoms with E-state index in [0.29, 0.717) is 32.1 Å². The molecule has 3 nitrogen and oxygen atoms in total. The van der Waals surface area contributed by atoms with Crippen LogP contribution in [0.5, 0.6) is 0 Å². The van der Waals surface area contributed by atoms with Gasteiger partial charge in [-0.15, -0.1) is 0 Å². The largest absolute Gasteiger partial charge is 0.391 e. The number of nitrogens with one attached hydrogen (secondary N) is 1. The van der Waals surface area contributed by atoms with Gasteiger partial charge in [-0.2, -0.15) is 18.4 Å². The van der Waals surface area contributed by atoms with Gasteiger partial charge < -0.3 is 4.90 Å². The fourth-order valence-corrected chi connectivity index (χ4v) is 2.52. The van der Waals surface area contributed by atoms with Gasteiger partial charge in [0.2, 0.25) is 0 Å². The molecule has 1 N–H and O–H groups in total. The maximum atomic E-state index is 12.5. The van der Waals surface area contributed by atoms with Crippen molar-refractivity contribution in [2.24, 2.45) is 5.92 Å². The quantitative estimate of drug-likeness (QED) is 0.836. The van der Waals surface area contributed by atoms with Crippen molar-refractivity contribution < 1.29 is 13.2 Å². The van der Waals surface area contributed by atoms with E-state index in [9.17, 15) is 13.2 Å². The summed E-state index contributed by atoms with van der Waals surface area (Å²) in [5.41, 5.74) is 0. The number of piperidine rings is 1. The van der Waals surface area contributed by atoms with Crippen molar-refractivity contribution in [2.75, 3.05) is 19.6 Å². The number of likely N-dealkylation sites (tertiary alicyclic amines) is 1. The zero-order valence-electron chi connectivity index (χ0n) is 10.9. The predicted octanol–water partition coefficient (Wildman–Crippen LogP) is 2.29. The smallest absolute Gasteiger partial charge is 0.303 e. The van der Waals surface area contributed by atoms with E-state index in [2.05, 4.69) is 11.4 Å². The normalized spacial score (nSPS) is 24.1. The first-order valence-corrected chi connectivity index (χ1v) is 6.94. The lowest BCUT2D eigenvalue weighted by Crippen LogP contribution is -2.41. The second-order valence-electron chi connectivity index (χ2n) is 5.57. The number of alkyl halides is 3. The van der Waals surface area contributed by atoms with E-state index in [-0.39, 0.29) is 18.9 Å². The van der Waals surface area contributed by atoms with E-state index in [0.717, 1.165) is 12.8 Å². The monoisotopic (exact) mass is 275 g/mol. The summed E-state index contributed by atoms with van der Waals surface area (Å²) in [7, 11) is 0. The molecule has 0 aromatic rings. The first kappa shape index (κ1) is 14.6. The second kappa shape index (κ2) is 6.10. The Labute approximate surface area is 111 Å². The van der Waals surface area contributed by atoms with E-state index < -0.39 is 12.1 Å². The van der Waals surface area contributed by atoms with Gasteiger partial charge in [-0.25, -0.2) is 0 Å². The standard InChI is InChI=1S/C13H20F3N3/c14-13(15,16)10-3-6-19(7-4-10)8-5-12(9-17)18-11-1-2-11/h10-12,18H,1-8H2. The molecule has 2 aliphatic rings. The highest BCUT2D eigenvalue weighted by molar-refractivity contribution is 4.96. The van der Waals surface area contributed by atoms with Crippen molar-refractivity contribution in [3.63, 3.8) is 0 Å². The van der Waals surface area contributed by atoms with Gasteiger partial charge in [-0.1, -0.05) is 0 Å². The van der Waals surface area contributed by atoms with Gasteiger partial charge in [0.15, 0.2) is 0 Å². The zero-order valence-corrected chi connectivity index (χ0v) is 10.9. The number of nitrogens with zero attached hydrogens (tertiary/aromatic N) is 2. The average Bonchev–Trinajstić information content (AvgIpc) is 3.18. The Balaban J connectivity index is 1.66. The van der Waals surface area contributed by atoms with Crippen molar-refractivity contribution in [3.05, 3.63) is 0 Å². The Bertz CT molecular complexity index is 325. The van der Waals surface area contributed by atoms with Gasteiger partial charge in [-0.3, -0.25) is 5.32 Å². The van der Waals surface area contributed by atoms with Gasteiger partial charge in [0.1, 0.15) is 0 Å². The molecule has 2 rings (SSSR count). The van der Waals surface area contributed by atoms with Gasteiger partial charge in [0.25, 0.3) is 0 Å². The third kappa shape index (κ3) is 4.66.